The Hall–Kier alpha value is -2.84. The number of rotatable bonds is 4. The van der Waals surface area contributed by atoms with E-state index < -0.39 is 4.92 Å². The molecule has 1 aromatic rings. The van der Waals surface area contributed by atoms with Crippen LogP contribution in [0.4, 0.5) is 10.5 Å². The normalized spacial score (nSPS) is 15.0. The number of aliphatic imine (C=N–C) groups is 1. The molecule has 0 atom stereocenters. The number of nitro groups is 1. The van der Waals surface area contributed by atoms with E-state index in [1.807, 2.05) is 4.90 Å². The summed E-state index contributed by atoms with van der Waals surface area (Å²) in [7, 11) is 1.67. The number of ether oxygens (including phenoxy) is 1. The summed E-state index contributed by atoms with van der Waals surface area (Å²) >= 11 is 0. The number of amides is 1. The molecule has 1 N–H and O–H groups in total. The van der Waals surface area contributed by atoms with Crippen molar-refractivity contribution in [3.8, 4) is 0 Å². The van der Waals surface area contributed by atoms with Gasteiger partial charge >= 0.3 is 6.09 Å². The highest BCUT2D eigenvalue weighted by molar-refractivity contribution is 5.80. The van der Waals surface area contributed by atoms with Crippen LogP contribution < -0.4 is 5.32 Å². The third-order valence-corrected chi connectivity index (χ3v) is 3.94. The molecule has 9 nitrogen and oxygen atoms in total. The first-order valence-electron chi connectivity index (χ1n) is 8.16. The van der Waals surface area contributed by atoms with Crippen LogP contribution >= 0.6 is 0 Å². The number of hydrogen-bond acceptors (Lipinski definition) is 5. The topological polar surface area (TPSA) is 100 Å². The molecule has 0 unspecified atom stereocenters. The average molecular weight is 349 g/mol. The van der Waals surface area contributed by atoms with Gasteiger partial charge in [-0.25, -0.2) is 4.79 Å². The highest BCUT2D eigenvalue weighted by Gasteiger charge is 2.24. The molecule has 0 bridgehead atoms. The van der Waals surface area contributed by atoms with Gasteiger partial charge in [0.2, 0.25) is 0 Å². The van der Waals surface area contributed by atoms with Gasteiger partial charge in [0.05, 0.1) is 11.5 Å². The zero-order valence-corrected chi connectivity index (χ0v) is 14.5. The first-order valence-corrected chi connectivity index (χ1v) is 8.16. The van der Waals surface area contributed by atoms with Crippen LogP contribution in [-0.2, 0) is 11.3 Å². The number of piperazine rings is 1. The van der Waals surface area contributed by atoms with Crippen molar-refractivity contribution in [1.29, 1.82) is 0 Å². The Morgan fingerprint density at radius 2 is 1.92 bits per heavy atom. The fourth-order valence-electron chi connectivity index (χ4n) is 2.66. The Kier molecular flexibility index (Phi) is 6.55. The van der Waals surface area contributed by atoms with Crippen molar-refractivity contribution in [2.24, 2.45) is 4.99 Å². The Balaban J connectivity index is 1.92. The third kappa shape index (κ3) is 4.82. The van der Waals surface area contributed by atoms with Crippen LogP contribution in [0.3, 0.4) is 0 Å². The summed E-state index contributed by atoms with van der Waals surface area (Å²) in [4.78, 5) is 30.3. The van der Waals surface area contributed by atoms with E-state index in [0.29, 0.717) is 50.9 Å². The van der Waals surface area contributed by atoms with Crippen LogP contribution in [0.15, 0.2) is 29.3 Å². The molecule has 136 valence electrons. The zero-order valence-electron chi connectivity index (χ0n) is 14.5. The second-order valence-corrected chi connectivity index (χ2v) is 5.46. The van der Waals surface area contributed by atoms with Crippen molar-refractivity contribution in [2.75, 3.05) is 39.8 Å². The SMILES string of the molecule is CCOC(=O)N1CCN(C(=NC)NCc2ccccc2[N+](=O)[O-])CC1. The lowest BCUT2D eigenvalue weighted by molar-refractivity contribution is -0.385. The number of nitrogens with one attached hydrogen (secondary N) is 1. The molecule has 0 aromatic heterocycles. The van der Waals surface area contributed by atoms with Gasteiger partial charge in [-0.15, -0.1) is 0 Å². The fourth-order valence-corrected chi connectivity index (χ4v) is 2.66. The summed E-state index contributed by atoms with van der Waals surface area (Å²) in [6.07, 6.45) is -0.301. The van der Waals surface area contributed by atoms with Gasteiger partial charge in [-0.2, -0.15) is 0 Å². The monoisotopic (exact) mass is 349 g/mol. The molecule has 0 radical (unpaired) electrons. The van der Waals surface area contributed by atoms with Crippen LogP contribution in [0, 0.1) is 10.1 Å². The van der Waals surface area contributed by atoms with E-state index in [2.05, 4.69) is 10.3 Å². The molecule has 2 rings (SSSR count). The molecule has 1 heterocycles. The molecular weight excluding hydrogens is 326 g/mol. The molecule has 0 aliphatic carbocycles. The van der Waals surface area contributed by atoms with Gasteiger partial charge in [0.1, 0.15) is 0 Å². The smallest absolute Gasteiger partial charge is 0.409 e. The molecule has 0 spiro atoms. The summed E-state index contributed by atoms with van der Waals surface area (Å²) < 4.78 is 5.00. The summed E-state index contributed by atoms with van der Waals surface area (Å²) in [5.74, 6) is 0.654. The zero-order chi connectivity index (χ0) is 18.2. The molecule has 1 saturated heterocycles. The number of benzene rings is 1. The molecule has 9 heteroatoms. The van der Waals surface area contributed by atoms with Gasteiger partial charge in [0.25, 0.3) is 5.69 Å². The van der Waals surface area contributed by atoms with Gasteiger partial charge in [-0.05, 0) is 6.92 Å². The number of hydrogen-bond donors (Lipinski definition) is 1. The van der Waals surface area contributed by atoms with Crippen LogP contribution in [0.5, 0.6) is 0 Å². The highest BCUT2D eigenvalue weighted by Crippen LogP contribution is 2.17. The quantitative estimate of drug-likeness (QED) is 0.382. The second-order valence-electron chi connectivity index (χ2n) is 5.46. The van der Waals surface area contributed by atoms with Crippen LogP contribution in [-0.4, -0.2) is 66.6 Å². The van der Waals surface area contributed by atoms with Gasteiger partial charge < -0.3 is 19.9 Å². The Morgan fingerprint density at radius 3 is 2.52 bits per heavy atom. The highest BCUT2D eigenvalue weighted by atomic mass is 16.6. The van der Waals surface area contributed by atoms with Gasteiger partial charge in [0.15, 0.2) is 5.96 Å². The van der Waals surface area contributed by atoms with Crippen molar-refractivity contribution < 1.29 is 14.5 Å². The van der Waals surface area contributed by atoms with Crippen molar-refractivity contribution in [3.05, 3.63) is 39.9 Å². The molecule has 1 aromatic carbocycles. The number of guanidine groups is 1. The lowest BCUT2D eigenvalue weighted by Crippen LogP contribution is -2.53. The summed E-state index contributed by atoms with van der Waals surface area (Å²) in [6, 6.07) is 6.62. The average Bonchev–Trinajstić information content (AvgIpc) is 2.63. The number of carbonyl (C=O) groups is 1. The van der Waals surface area contributed by atoms with E-state index in [9.17, 15) is 14.9 Å². The standard InChI is InChI=1S/C16H23N5O4/c1-3-25-16(22)20-10-8-19(9-11-20)15(17-2)18-12-13-6-4-5-7-14(13)21(23)24/h4-7H,3,8-12H2,1-2H3,(H,17,18). The van der Waals surface area contributed by atoms with Crippen LogP contribution in [0.1, 0.15) is 12.5 Å². The summed E-state index contributed by atoms with van der Waals surface area (Å²) in [6.45, 7) is 4.78. The number of carbonyl (C=O) groups excluding carboxylic acids is 1. The molecule has 0 saturated carbocycles. The van der Waals surface area contributed by atoms with Gasteiger partial charge in [-0.3, -0.25) is 15.1 Å². The predicted octanol–water partition coefficient (Wildman–Crippen LogP) is 1.44. The molecule has 1 amide bonds. The lowest BCUT2D eigenvalue weighted by Gasteiger charge is -2.35. The Bertz CT molecular complexity index is 641. The Morgan fingerprint density at radius 1 is 1.28 bits per heavy atom. The van der Waals surface area contributed by atoms with E-state index in [-0.39, 0.29) is 11.8 Å². The van der Waals surface area contributed by atoms with Crippen LogP contribution in [0.25, 0.3) is 0 Å². The summed E-state index contributed by atoms with van der Waals surface area (Å²) in [5, 5.41) is 14.2. The van der Waals surface area contributed by atoms with E-state index in [4.69, 9.17) is 4.74 Å². The fraction of sp³-hybridized carbons (Fsp3) is 0.500. The third-order valence-electron chi connectivity index (χ3n) is 3.94. The van der Waals surface area contributed by atoms with Crippen molar-refractivity contribution in [1.82, 2.24) is 15.1 Å². The second kappa shape index (κ2) is 8.86. The predicted molar refractivity (Wildman–Crippen MR) is 93.5 cm³/mol. The van der Waals surface area contributed by atoms with E-state index in [1.165, 1.54) is 6.07 Å². The minimum absolute atomic E-state index is 0.0811. The van der Waals surface area contributed by atoms with E-state index in [0.717, 1.165) is 0 Å². The first kappa shape index (κ1) is 18.5. The summed E-state index contributed by atoms with van der Waals surface area (Å²) in [5.41, 5.74) is 0.677. The Labute approximate surface area is 146 Å². The van der Waals surface area contributed by atoms with Crippen LogP contribution in [0.2, 0.25) is 0 Å². The minimum atomic E-state index is -0.391. The molecular formula is C16H23N5O4. The van der Waals surface area contributed by atoms with Gasteiger partial charge in [-0.1, -0.05) is 18.2 Å². The molecule has 1 fully saturated rings. The van der Waals surface area contributed by atoms with E-state index >= 15 is 0 Å². The lowest BCUT2D eigenvalue weighted by atomic mass is 10.2. The maximum absolute atomic E-state index is 11.7. The number of nitro benzene ring substituents is 1. The number of nitrogens with zero attached hydrogens (tertiary/aromatic N) is 4. The van der Waals surface area contributed by atoms with E-state index in [1.54, 1.807) is 37.1 Å². The van der Waals surface area contributed by atoms with Crippen molar-refractivity contribution >= 4 is 17.7 Å². The minimum Gasteiger partial charge on any atom is -0.450 e. The molecule has 25 heavy (non-hydrogen) atoms. The van der Waals surface area contributed by atoms with Crippen molar-refractivity contribution in [3.63, 3.8) is 0 Å². The molecule has 1 aliphatic heterocycles. The van der Waals surface area contributed by atoms with Crippen molar-refractivity contribution in [2.45, 2.75) is 13.5 Å². The molecule has 1 aliphatic rings. The number of para-hydroxylation sites is 1. The largest absolute Gasteiger partial charge is 0.450 e. The first-order chi connectivity index (χ1) is 12.1. The maximum Gasteiger partial charge on any atom is 0.409 e. The van der Waals surface area contributed by atoms with Gasteiger partial charge in [0, 0.05) is 51.4 Å². The maximum atomic E-state index is 11.7.